The summed E-state index contributed by atoms with van der Waals surface area (Å²) in [5.74, 6) is 1.87. The molecule has 2 nitrogen and oxygen atoms in total. The van der Waals surface area contributed by atoms with Crippen molar-refractivity contribution >= 4 is 5.78 Å². The number of aryl methyl sites for hydroxylation is 1. The van der Waals surface area contributed by atoms with Crippen molar-refractivity contribution in [1.82, 2.24) is 0 Å². The fourth-order valence-electron chi connectivity index (χ4n) is 1.48. The Morgan fingerprint density at radius 3 is 2.92 bits per heavy atom. The third kappa shape index (κ3) is 2.20. The largest absolute Gasteiger partial charge is 0.469 e. The molecule has 1 heterocycles. The first-order chi connectivity index (χ1) is 6.25. The predicted molar refractivity (Wildman–Crippen MR) is 49.7 cm³/mol. The van der Waals surface area contributed by atoms with Crippen LogP contribution in [0.3, 0.4) is 0 Å². The maximum atomic E-state index is 11.5. The minimum absolute atomic E-state index is 0.226. The van der Waals surface area contributed by atoms with E-state index in [4.69, 9.17) is 4.42 Å². The minimum Gasteiger partial charge on any atom is -0.469 e. The normalized spacial score (nSPS) is 16.1. The fourth-order valence-corrected chi connectivity index (χ4v) is 1.48. The molecule has 0 radical (unpaired) electrons. The molecule has 13 heavy (non-hydrogen) atoms. The summed E-state index contributed by atoms with van der Waals surface area (Å²) in [7, 11) is 0. The van der Waals surface area contributed by atoms with Crippen LogP contribution in [0.4, 0.5) is 0 Å². The molecule has 1 saturated carbocycles. The number of Topliss-reactive ketones (excluding diaryl/α,β-unsaturated/α-hetero) is 1. The number of furan rings is 1. The lowest BCUT2D eigenvalue weighted by atomic mass is 10.1. The van der Waals surface area contributed by atoms with Crippen LogP contribution < -0.4 is 0 Å². The summed E-state index contributed by atoms with van der Waals surface area (Å²) < 4.78 is 5.09. The molecule has 0 atom stereocenters. The van der Waals surface area contributed by atoms with Gasteiger partial charge in [0.15, 0.2) is 5.78 Å². The van der Waals surface area contributed by atoms with E-state index in [-0.39, 0.29) is 5.78 Å². The third-order valence-corrected chi connectivity index (χ3v) is 2.53. The van der Waals surface area contributed by atoms with Crippen LogP contribution in [0, 0.1) is 12.8 Å². The maximum absolute atomic E-state index is 11.5. The molecule has 0 N–H and O–H groups in total. The summed E-state index contributed by atoms with van der Waals surface area (Å²) >= 11 is 0. The average molecular weight is 178 g/mol. The number of hydrogen-bond donors (Lipinski definition) is 0. The molecule has 1 aromatic heterocycles. The molecule has 1 fully saturated rings. The number of rotatable bonds is 4. The van der Waals surface area contributed by atoms with E-state index in [0.29, 0.717) is 6.42 Å². The highest BCUT2D eigenvalue weighted by Gasteiger charge is 2.22. The maximum Gasteiger partial charge on any atom is 0.166 e. The molecule has 1 aliphatic rings. The van der Waals surface area contributed by atoms with Gasteiger partial charge in [0.2, 0.25) is 0 Å². The smallest absolute Gasteiger partial charge is 0.166 e. The number of carbonyl (C=O) groups excluding carboxylic acids is 1. The van der Waals surface area contributed by atoms with Crippen molar-refractivity contribution < 1.29 is 9.21 Å². The Labute approximate surface area is 77.9 Å². The van der Waals surface area contributed by atoms with Crippen molar-refractivity contribution in [1.29, 1.82) is 0 Å². The van der Waals surface area contributed by atoms with Crippen LogP contribution in [0.5, 0.6) is 0 Å². The van der Waals surface area contributed by atoms with E-state index in [0.717, 1.165) is 23.7 Å². The number of hydrogen-bond acceptors (Lipinski definition) is 2. The first-order valence-corrected chi connectivity index (χ1v) is 4.84. The Kier molecular flexibility index (Phi) is 2.21. The Hall–Kier alpha value is -1.05. The monoisotopic (exact) mass is 178 g/mol. The van der Waals surface area contributed by atoms with Crippen molar-refractivity contribution in [2.75, 3.05) is 0 Å². The lowest BCUT2D eigenvalue weighted by Crippen LogP contribution is -1.97. The van der Waals surface area contributed by atoms with E-state index in [1.54, 1.807) is 6.26 Å². The fraction of sp³-hybridized carbons (Fsp3) is 0.545. The summed E-state index contributed by atoms with van der Waals surface area (Å²) in [6.45, 7) is 1.86. The second kappa shape index (κ2) is 3.36. The summed E-state index contributed by atoms with van der Waals surface area (Å²) in [5, 5.41) is 0. The highest BCUT2D eigenvalue weighted by Crippen LogP contribution is 2.33. The van der Waals surface area contributed by atoms with Gasteiger partial charge in [0, 0.05) is 6.42 Å². The molecule has 0 aliphatic heterocycles. The molecule has 0 aromatic carbocycles. The molecule has 0 unspecified atom stereocenters. The van der Waals surface area contributed by atoms with Crippen LogP contribution in [-0.2, 0) is 0 Å². The Morgan fingerprint density at radius 2 is 2.38 bits per heavy atom. The van der Waals surface area contributed by atoms with Gasteiger partial charge in [-0.05, 0) is 25.3 Å². The van der Waals surface area contributed by atoms with Crippen molar-refractivity contribution in [3.8, 4) is 0 Å². The second-order valence-electron chi connectivity index (χ2n) is 3.85. The van der Waals surface area contributed by atoms with Gasteiger partial charge in [-0.25, -0.2) is 0 Å². The molecule has 2 rings (SSSR count). The Balaban J connectivity index is 1.88. The highest BCUT2D eigenvalue weighted by atomic mass is 16.3. The van der Waals surface area contributed by atoms with Crippen molar-refractivity contribution in [3.05, 3.63) is 23.7 Å². The number of carbonyl (C=O) groups is 1. The first kappa shape index (κ1) is 8.54. The van der Waals surface area contributed by atoms with E-state index in [9.17, 15) is 4.79 Å². The van der Waals surface area contributed by atoms with Gasteiger partial charge in [-0.1, -0.05) is 12.8 Å². The summed E-state index contributed by atoms with van der Waals surface area (Å²) in [4.78, 5) is 11.5. The predicted octanol–water partition coefficient (Wildman–Crippen LogP) is 2.96. The SMILES string of the molecule is Cc1cc(C(=O)CCC2CC2)co1. The van der Waals surface area contributed by atoms with Gasteiger partial charge in [0.25, 0.3) is 0 Å². The number of ketones is 1. The molecule has 70 valence electrons. The van der Waals surface area contributed by atoms with E-state index in [1.807, 2.05) is 13.0 Å². The minimum atomic E-state index is 0.226. The van der Waals surface area contributed by atoms with Crippen LogP contribution in [0.15, 0.2) is 16.7 Å². The van der Waals surface area contributed by atoms with Gasteiger partial charge in [0.1, 0.15) is 12.0 Å². The zero-order valence-electron chi connectivity index (χ0n) is 7.88. The first-order valence-electron chi connectivity index (χ1n) is 4.84. The Morgan fingerprint density at radius 1 is 1.62 bits per heavy atom. The van der Waals surface area contributed by atoms with Gasteiger partial charge < -0.3 is 4.42 Å². The van der Waals surface area contributed by atoms with Gasteiger partial charge in [-0.3, -0.25) is 4.79 Å². The molecule has 0 saturated heterocycles. The van der Waals surface area contributed by atoms with E-state index in [1.165, 1.54) is 12.8 Å². The van der Waals surface area contributed by atoms with E-state index in [2.05, 4.69) is 0 Å². The second-order valence-corrected chi connectivity index (χ2v) is 3.85. The zero-order valence-corrected chi connectivity index (χ0v) is 7.88. The van der Waals surface area contributed by atoms with Gasteiger partial charge >= 0.3 is 0 Å². The zero-order chi connectivity index (χ0) is 9.26. The van der Waals surface area contributed by atoms with Crippen LogP contribution in [0.25, 0.3) is 0 Å². The van der Waals surface area contributed by atoms with Gasteiger partial charge in [-0.15, -0.1) is 0 Å². The topological polar surface area (TPSA) is 30.2 Å². The van der Waals surface area contributed by atoms with E-state index < -0.39 is 0 Å². The molecular formula is C11H14O2. The quantitative estimate of drug-likeness (QED) is 0.663. The standard InChI is InChI=1S/C11H14O2/c1-8-6-10(7-13-8)11(12)5-4-9-2-3-9/h6-7,9H,2-5H2,1H3. The molecule has 0 bridgehead atoms. The Bertz CT molecular complexity index is 308. The summed E-state index contributed by atoms with van der Waals surface area (Å²) in [6.07, 6.45) is 5.94. The van der Waals surface area contributed by atoms with Crippen LogP contribution in [0.2, 0.25) is 0 Å². The molecule has 2 heteroatoms. The van der Waals surface area contributed by atoms with Gasteiger partial charge in [0.05, 0.1) is 5.56 Å². The lowest BCUT2D eigenvalue weighted by Gasteiger charge is -1.94. The molecule has 0 spiro atoms. The summed E-state index contributed by atoms with van der Waals surface area (Å²) in [6, 6.07) is 1.81. The van der Waals surface area contributed by atoms with Gasteiger partial charge in [-0.2, -0.15) is 0 Å². The van der Waals surface area contributed by atoms with Crippen molar-refractivity contribution in [2.45, 2.75) is 32.6 Å². The molecule has 1 aromatic rings. The molecular weight excluding hydrogens is 164 g/mol. The van der Waals surface area contributed by atoms with Crippen LogP contribution in [0.1, 0.15) is 41.8 Å². The lowest BCUT2D eigenvalue weighted by molar-refractivity contribution is 0.0977. The van der Waals surface area contributed by atoms with Crippen LogP contribution >= 0.6 is 0 Å². The van der Waals surface area contributed by atoms with Crippen LogP contribution in [-0.4, -0.2) is 5.78 Å². The van der Waals surface area contributed by atoms with Crippen molar-refractivity contribution in [3.63, 3.8) is 0 Å². The third-order valence-electron chi connectivity index (χ3n) is 2.53. The van der Waals surface area contributed by atoms with Crippen molar-refractivity contribution in [2.24, 2.45) is 5.92 Å². The van der Waals surface area contributed by atoms with E-state index >= 15 is 0 Å². The molecule has 0 amide bonds. The average Bonchev–Trinajstić information content (AvgIpc) is 2.84. The molecule has 1 aliphatic carbocycles. The highest BCUT2D eigenvalue weighted by molar-refractivity contribution is 5.95. The summed E-state index contributed by atoms with van der Waals surface area (Å²) in [5.41, 5.74) is 0.734.